The van der Waals surface area contributed by atoms with Crippen LogP contribution in [0.3, 0.4) is 0 Å². The Morgan fingerprint density at radius 2 is 2.15 bits per heavy atom. The lowest BCUT2D eigenvalue weighted by atomic mass is 10.3. The first kappa shape index (κ1) is 9.53. The highest BCUT2D eigenvalue weighted by Crippen LogP contribution is 2.27. The molecule has 1 aromatic rings. The first-order chi connectivity index (χ1) is 6.06. The molecule has 0 amide bonds. The number of aromatic hydroxyl groups is 1. The van der Waals surface area contributed by atoms with Gasteiger partial charge in [-0.2, -0.15) is 4.98 Å². The Bertz CT molecular complexity index is 355. The van der Waals surface area contributed by atoms with E-state index in [1.54, 1.807) is 0 Å². The van der Waals surface area contributed by atoms with Crippen molar-refractivity contribution in [2.24, 2.45) is 0 Å². The largest absolute Gasteiger partial charge is 0.491 e. The van der Waals surface area contributed by atoms with Crippen molar-refractivity contribution < 1.29 is 19.7 Å². The van der Waals surface area contributed by atoms with E-state index in [1.807, 2.05) is 0 Å². The average molecular weight is 205 g/mol. The molecule has 0 saturated carbocycles. The monoisotopic (exact) mass is 204 g/mol. The molecule has 70 valence electrons. The molecule has 7 heteroatoms. The van der Waals surface area contributed by atoms with Gasteiger partial charge in [-0.05, 0) is 11.6 Å². The van der Waals surface area contributed by atoms with Crippen molar-refractivity contribution in [3.63, 3.8) is 0 Å². The lowest BCUT2D eigenvalue weighted by Crippen LogP contribution is -2.05. The Morgan fingerprint density at radius 3 is 2.62 bits per heavy atom. The van der Waals surface area contributed by atoms with Crippen molar-refractivity contribution in [2.45, 2.75) is 0 Å². The third-order valence-electron chi connectivity index (χ3n) is 1.23. The normalized spacial score (nSPS) is 9.69. The molecule has 13 heavy (non-hydrogen) atoms. The molecule has 0 atom stereocenters. The molecule has 0 unspecified atom stereocenters. The van der Waals surface area contributed by atoms with Gasteiger partial charge < -0.3 is 14.9 Å². The van der Waals surface area contributed by atoms with Gasteiger partial charge in [0.25, 0.3) is 5.88 Å². The Kier molecular flexibility index (Phi) is 2.52. The third-order valence-corrected chi connectivity index (χ3v) is 1.40. The Balaban J connectivity index is 3.38. The van der Waals surface area contributed by atoms with Gasteiger partial charge in [-0.15, -0.1) is 0 Å². The molecule has 0 saturated heterocycles. The quantitative estimate of drug-likeness (QED) is 0.683. The Hall–Kier alpha value is -1.56. The molecule has 0 bridgehead atoms. The summed E-state index contributed by atoms with van der Waals surface area (Å²) in [7, 11) is 1.19. The van der Waals surface area contributed by atoms with Gasteiger partial charge in [-0.3, -0.25) is 0 Å². The second-order valence-corrected chi connectivity index (χ2v) is 2.34. The van der Waals surface area contributed by atoms with Gasteiger partial charge in [0.1, 0.15) is 0 Å². The summed E-state index contributed by atoms with van der Waals surface area (Å²) in [4.78, 5) is 17.2. The maximum absolute atomic E-state index is 10.5. The highest BCUT2D eigenvalue weighted by molar-refractivity contribution is 6.28. The minimum atomic E-state index is -1.35. The smallest absolute Gasteiger partial charge is 0.358 e. The number of carboxylic acid groups (broad SMARTS) is 1. The van der Waals surface area contributed by atoms with Crippen LogP contribution in [0.1, 0.15) is 10.5 Å². The Labute approximate surface area is 77.8 Å². The molecule has 0 radical (unpaired) electrons. The molecule has 0 aromatic carbocycles. The van der Waals surface area contributed by atoms with Crippen LogP contribution in [0, 0.1) is 0 Å². The van der Waals surface area contributed by atoms with E-state index in [1.165, 1.54) is 7.11 Å². The van der Waals surface area contributed by atoms with Crippen molar-refractivity contribution in [1.29, 1.82) is 0 Å². The molecule has 0 aliphatic carbocycles. The van der Waals surface area contributed by atoms with E-state index >= 15 is 0 Å². The van der Waals surface area contributed by atoms with Gasteiger partial charge in [0.05, 0.1) is 7.11 Å². The molecule has 1 aromatic heterocycles. The van der Waals surface area contributed by atoms with Gasteiger partial charge >= 0.3 is 5.97 Å². The number of ether oxygens (including phenoxy) is 1. The second kappa shape index (κ2) is 3.44. The van der Waals surface area contributed by atoms with Gasteiger partial charge in [0, 0.05) is 0 Å². The summed E-state index contributed by atoms with van der Waals surface area (Å²) in [5.41, 5.74) is -0.472. The number of nitrogens with zero attached hydrogens (tertiary/aromatic N) is 2. The van der Waals surface area contributed by atoms with E-state index in [4.69, 9.17) is 21.8 Å². The number of hydrogen-bond acceptors (Lipinski definition) is 5. The lowest BCUT2D eigenvalue weighted by molar-refractivity contribution is 0.0685. The van der Waals surface area contributed by atoms with Crippen LogP contribution in [-0.4, -0.2) is 33.3 Å². The number of aromatic nitrogens is 2. The lowest BCUT2D eigenvalue weighted by Gasteiger charge is -2.04. The summed E-state index contributed by atoms with van der Waals surface area (Å²) in [5.74, 6) is -2.26. The summed E-state index contributed by atoms with van der Waals surface area (Å²) in [6, 6.07) is 0. The fourth-order valence-corrected chi connectivity index (χ4v) is 0.910. The minimum Gasteiger partial charge on any atom is -0.491 e. The van der Waals surface area contributed by atoms with Crippen LogP contribution in [0.2, 0.25) is 5.28 Å². The van der Waals surface area contributed by atoms with Crippen LogP contribution in [0.5, 0.6) is 11.6 Å². The van der Waals surface area contributed by atoms with Crippen molar-refractivity contribution in [3.8, 4) is 11.6 Å². The molecule has 0 aliphatic rings. The van der Waals surface area contributed by atoms with Crippen LogP contribution in [-0.2, 0) is 0 Å². The zero-order valence-electron chi connectivity index (χ0n) is 6.48. The van der Waals surface area contributed by atoms with Gasteiger partial charge in [0.2, 0.25) is 11.0 Å². The van der Waals surface area contributed by atoms with Crippen molar-refractivity contribution >= 4 is 17.6 Å². The highest BCUT2D eigenvalue weighted by atomic mass is 35.5. The van der Waals surface area contributed by atoms with Crippen LogP contribution in [0.15, 0.2) is 0 Å². The zero-order valence-corrected chi connectivity index (χ0v) is 7.24. The van der Waals surface area contributed by atoms with Crippen LogP contribution in [0.25, 0.3) is 0 Å². The number of aromatic carboxylic acids is 1. The molecule has 1 heterocycles. The molecular formula is C6H5ClN2O4. The van der Waals surface area contributed by atoms with Gasteiger partial charge in [0.15, 0.2) is 5.69 Å². The molecule has 6 nitrogen and oxygen atoms in total. The number of halogens is 1. The Morgan fingerprint density at radius 1 is 1.54 bits per heavy atom. The summed E-state index contributed by atoms with van der Waals surface area (Å²) in [6.45, 7) is 0. The summed E-state index contributed by atoms with van der Waals surface area (Å²) >= 11 is 5.32. The van der Waals surface area contributed by atoms with Crippen molar-refractivity contribution in [2.75, 3.05) is 7.11 Å². The molecule has 1 rings (SSSR count). The maximum atomic E-state index is 10.5. The van der Waals surface area contributed by atoms with Crippen molar-refractivity contribution in [3.05, 3.63) is 11.0 Å². The maximum Gasteiger partial charge on any atom is 0.358 e. The predicted molar refractivity (Wildman–Crippen MR) is 42.2 cm³/mol. The second-order valence-electron chi connectivity index (χ2n) is 2.00. The van der Waals surface area contributed by atoms with Crippen molar-refractivity contribution in [1.82, 2.24) is 9.97 Å². The highest BCUT2D eigenvalue weighted by Gasteiger charge is 2.19. The molecule has 2 N–H and O–H groups in total. The summed E-state index contributed by atoms with van der Waals surface area (Å²) in [5, 5.41) is 17.4. The summed E-state index contributed by atoms with van der Waals surface area (Å²) in [6.07, 6.45) is 0. The van der Waals surface area contributed by atoms with Crippen LogP contribution in [0.4, 0.5) is 0 Å². The van der Waals surface area contributed by atoms with Gasteiger partial charge in [-0.25, -0.2) is 9.78 Å². The number of methoxy groups -OCH3 is 1. The minimum absolute atomic E-state index is 0.308. The number of carbonyl (C=O) groups is 1. The molecule has 0 fully saturated rings. The number of carboxylic acids is 1. The average Bonchev–Trinajstić information content (AvgIpc) is 2.02. The van der Waals surface area contributed by atoms with Crippen LogP contribution >= 0.6 is 11.6 Å². The first-order valence-corrected chi connectivity index (χ1v) is 3.48. The number of hydrogen-bond donors (Lipinski definition) is 2. The number of rotatable bonds is 2. The molecular weight excluding hydrogens is 200 g/mol. The predicted octanol–water partition coefficient (Wildman–Crippen LogP) is 0.542. The molecule has 0 aliphatic heterocycles. The van der Waals surface area contributed by atoms with E-state index in [0.29, 0.717) is 0 Å². The fraction of sp³-hybridized carbons (Fsp3) is 0.167. The van der Waals surface area contributed by atoms with E-state index in [-0.39, 0.29) is 11.0 Å². The summed E-state index contributed by atoms with van der Waals surface area (Å²) < 4.78 is 4.58. The van der Waals surface area contributed by atoms with E-state index < -0.39 is 17.5 Å². The first-order valence-electron chi connectivity index (χ1n) is 3.10. The van der Waals surface area contributed by atoms with Crippen LogP contribution < -0.4 is 4.74 Å². The SMILES string of the molecule is COc1c(O)nc(Cl)nc1C(=O)O. The standard InChI is InChI=1S/C6H5ClN2O4/c1-13-3-2(5(11)12)8-6(7)9-4(3)10/h1H3,(H,11,12)(H,8,9,10). The molecule has 0 spiro atoms. The third kappa shape index (κ3) is 1.78. The van der Waals surface area contributed by atoms with E-state index in [0.717, 1.165) is 0 Å². The topological polar surface area (TPSA) is 92.5 Å². The van der Waals surface area contributed by atoms with E-state index in [9.17, 15) is 4.79 Å². The van der Waals surface area contributed by atoms with Gasteiger partial charge in [-0.1, -0.05) is 0 Å². The fourth-order valence-electron chi connectivity index (χ4n) is 0.745. The zero-order chi connectivity index (χ0) is 10.0. The van der Waals surface area contributed by atoms with E-state index in [2.05, 4.69) is 14.7 Å².